The number of nitrogens with zero attached hydrogens (tertiary/aromatic N) is 1. The van der Waals surface area contributed by atoms with Crippen LogP contribution in [0.1, 0.15) is 25.3 Å². The van der Waals surface area contributed by atoms with E-state index in [0.717, 1.165) is 11.8 Å². The highest BCUT2D eigenvalue weighted by molar-refractivity contribution is 5.74. The molecule has 1 fully saturated rings. The van der Waals surface area contributed by atoms with E-state index < -0.39 is 12.0 Å². The normalized spacial score (nSPS) is 24.2. The topological polar surface area (TPSA) is 57.6 Å². The van der Waals surface area contributed by atoms with Crippen molar-refractivity contribution in [1.29, 1.82) is 0 Å². The van der Waals surface area contributed by atoms with Gasteiger partial charge < -0.3 is 9.90 Å². The summed E-state index contributed by atoms with van der Waals surface area (Å²) in [5, 5.41) is 9.37. The lowest BCUT2D eigenvalue weighted by molar-refractivity contribution is -0.144. The van der Waals surface area contributed by atoms with Gasteiger partial charge in [0.15, 0.2) is 0 Å². The smallest absolute Gasteiger partial charge is 0.321 e. The molecule has 4 nitrogen and oxygen atoms in total. The van der Waals surface area contributed by atoms with Gasteiger partial charge in [0.05, 0.1) is 0 Å². The molecule has 0 aliphatic carbocycles. The molecule has 0 unspecified atom stereocenters. The first-order valence-corrected chi connectivity index (χ1v) is 7.11. The van der Waals surface area contributed by atoms with Crippen molar-refractivity contribution in [2.75, 3.05) is 13.1 Å². The fourth-order valence-electron chi connectivity index (χ4n) is 3.18. The molecule has 1 heterocycles. The minimum Gasteiger partial charge on any atom is -0.480 e. The third-order valence-corrected chi connectivity index (χ3v) is 4.12. The number of carboxylic acid groups (broad SMARTS) is 1. The summed E-state index contributed by atoms with van der Waals surface area (Å²) in [6.07, 6.45) is 0.856. The van der Waals surface area contributed by atoms with Crippen LogP contribution in [-0.2, 0) is 9.59 Å². The minimum atomic E-state index is -0.880. The molecule has 0 spiro atoms. The summed E-state index contributed by atoms with van der Waals surface area (Å²) < 4.78 is 13.4. The van der Waals surface area contributed by atoms with Crippen molar-refractivity contribution < 1.29 is 19.1 Å². The molecule has 0 bridgehead atoms. The van der Waals surface area contributed by atoms with Crippen molar-refractivity contribution >= 4 is 12.3 Å². The van der Waals surface area contributed by atoms with Crippen LogP contribution in [0.4, 0.5) is 4.39 Å². The largest absolute Gasteiger partial charge is 0.480 e. The Morgan fingerprint density at radius 1 is 1.43 bits per heavy atom. The van der Waals surface area contributed by atoms with Crippen LogP contribution in [0.3, 0.4) is 0 Å². The number of halogens is 1. The number of hydrogen-bond donors (Lipinski definition) is 1. The van der Waals surface area contributed by atoms with Gasteiger partial charge in [-0.3, -0.25) is 9.69 Å². The van der Waals surface area contributed by atoms with Gasteiger partial charge in [0.25, 0.3) is 0 Å². The van der Waals surface area contributed by atoms with Crippen LogP contribution in [0.15, 0.2) is 24.3 Å². The lowest BCUT2D eigenvalue weighted by Gasteiger charge is -2.27. The van der Waals surface area contributed by atoms with Crippen LogP contribution in [-0.4, -0.2) is 41.4 Å². The lowest BCUT2D eigenvalue weighted by Crippen LogP contribution is -2.43. The van der Waals surface area contributed by atoms with Gasteiger partial charge in [0.2, 0.25) is 0 Å². The Labute approximate surface area is 123 Å². The predicted molar refractivity (Wildman–Crippen MR) is 76.5 cm³/mol. The summed E-state index contributed by atoms with van der Waals surface area (Å²) in [7, 11) is 0. The van der Waals surface area contributed by atoms with Gasteiger partial charge in [0, 0.05) is 24.9 Å². The van der Waals surface area contributed by atoms with Crippen molar-refractivity contribution in [3.05, 3.63) is 35.6 Å². The first-order chi connectivity index (χ1) is 9.93. The Bertz CT molecular complexity index is 532. The van der Waals surface area contributed by atoms with Crippen LogP contribution < -0.4 is 0 Å². The first-order valence-electron chi connectivity index (χ1n) is 7.11. The number of rotatable bonds is 5. The molecule has 1 saturated heterocycles. The number of carbonyl (C=O) groups excluding carboxylic acids is 1. The molecule has 1 aliphatic rings. The van der Waals surface area contributed by atoms with Crippen LogP contribution >= 0.6 is 0 Å². The van der Waals surface area contributed by atoms with Crippen LogP contribution in [0.25, 0.3) is 0 Å². The average molecular weight is 293 g/mol. The Balaban J connectivity index is 2.25. The van der Waals surface area contributed by atoms with E-state index in [1.165, 1.54) is 12.1 Å². The zero-order valence-electron chi connectivity index (χ0n) is 12.2. The van der Waals surface area contributed by atoms with E-state index in [0.29, 0.717) is 13.1 Å². The number of aliphatic carboxylic acids is 1. The Morgan fingerprint density at radius 3 is 2.67 bits per heavy atom. The average Bonchev–Trinajstić information content (AvgIpc) is 2.81. The van der Waals surface area contributed by atoms with Gasteiger partial charge in [-0.15, -0.1) is 0 Å². The van der Waals surface area contributed by atoms with E-state index in [-0.39, 0.29) is 23.6 Å². The Morgan fingerprint density at radius 2 is 2.14 bits per heavy atom. The molecule has 0 amide bonds. The van der Waals surface area contributed by atoms with Gasteiger partial charge in [-0.2, -0.15) is 0 Å². The number of aldehydes is 1. The van der Waals surface area contributed by atoms with Crippen molar-refractivity contribution in [3.63, 3.8) is 0 Å². The number of hydrogen-bond acceptors (Lipinski definition) is 3. The second kappa shape index (κ2) is 6.35. The molecule has 114 valence electrons. The van der Waals surface area contributed by atoms with Crippen molar-refractivity contribution in [2.45, 2.75) is 25.8 Å². The molecule has 1 aromatic rings. The van der Waals surface area contributed by atoms with Gasteiger partial charge >= 0.3 is 5.97 Å². The van der Waals surface area contributed by atoms with Crippen LogP contribution in [0, 0.1) is 17.7 Å². The summed E-state index contributed by atoms with van der Waals surface area (Å²) in [6, 6.07) is 5.58. The number of carbonyl (C=O) groups is 2. The highest BCUT2D eigenvalue weighted by atomic mass is 19.1. The molecule has 0 saturated carbocycles. The third kappa shape index (κ3) is 3.29. The Hall–Kier alpha value is -1.75. The lowest BCUT2D eigenvalue weighted by atomic mass is 9.90. The van der Waals surface area contributed by atoms with Crippen molar-refractivity contribution in [3.8, 4) is 0 Å². The maximum Gasteiger partial charge on any atom is 0.321 e. The highest BCUT2D eigenvalue weighted by Gasteiger charge is 2.40. The van der Waals surface area contributed by atoms with E-state index >= 15 is 0 Å². The predicted octanol–water partition coefficient (Wildman–Crippen LogP) is 2.15. The van der Waals surface area contributed by atoms with E-state index in [1.54, 1.807) is 12.1 Å². The number of likely N-dealkylation sites (tertiary alicyclic amines) is 1. The van der Waals surface area contributed by atoms with E-state index in [2.05, 4.69) is 0 Å². The number of benzene rings is 1. The molecule has 0 radical (unpaired) electrons. The van der Waals surface area contributed by atoms with E-state index in [1.807, 2.05) is 18.7 Å². The molecular weight excluding hydrogens is 273 g/mol. The van der Waals surface area contributed by atoms with Crippen molar-refractivity contribution in [2.24, 2.45) is 11.8 Å². The summed E-state index contributed by atoms with van der Waals surface area (Å²) in [4.78, 5) is 24.6. The zero-order valence-corrected chi connectivity index (χ0v) is 12.2. The fraction of sp³-hybridized carbons (Fsp3) is 0.500. The molecule has 1 aliphatic heterocycles. The standard InChI is InChI=1S/C16H20FNO3/c1-10(2)15(16(20)21)18-7-12(9-19)14(8-18)11-4-3-5-13(17)6-11/h3-6,9-10,12,14-15H,7-8H2,1-2H3,(H,20,21)/t12-,14-,15-/m1/s1. The Kier molecular flexibility index (Phi) is 4.73. The third-order valence-electron chi connectivity index (χ3n) is 4.12. The van der Waals surface area contributed by atoms with Crippen LogP contribution in [0.5, 0.6) is 0 Å². The second-order valence-corrected chi connectivity index (χ2v) is 5.94. The monoisotopic (exact) mass is 293 g/mol. The van der Waals surface area contributed by atoms with Crippen LogP contribution in [0.2, 0.25) is 0 Å². The zero-order chi connectivity index (χ0) is 15.6. The maximum absolute atomic E-state index is 13.4. The summed E-state index contributed by atoms with van der Waals surface area (Å²) in [6.45, 7) is 4.57. The second-order valence-electron chi connectivity index (χ2n) is 5.94. The van der Waals surface area contributed by atoms with Gasteiger partial charge in [-0.1, -0.05) is 26.0 Å². The minimum absolute atomic E-state index is 0.0546. The number of carboxylic acids is 1. The van der Waals surface area contributed by atoms with E-state index in [4.69, 9.17) is 0 Å². The highest BCUT2D eigenvalue weighted by Crippen LogP contribution is 2.34. The molecule has 1 aromatic carbocycles. The molecule has 5 heteroatoms. The van der Waals surface area contributed by atoms with Crippen molar-refractivity contribution in [1.82, 2.24) is 4.90 Å². The van der Waals surface area contributed by atoms with Gasteiger partial charge in [0.1, 0.15) is 18.1 Å². The fourth-order valence-corrected chi connectivity index (χ4v) is 3.18. The van der Waals surface area contributed by atoms with Gasteiger partial charge in [-0.25, -0.2) is 4.39 Å². The molecule has 0 aromatic heterocycles. The van der Waals surface area contributed by atoms with Gasteiger partial charge in [-0.05, 0) is 23.6 Å². The first kappa shape index (κ1) is 15.6. The molecule has 2 rings (SSSR count). The molecule has 21 heavy (non-hydrogen) atoms. The molecule has 3 atom stereocenters. The molecular formula is C16H20FNO3. The maximum atomic E-state index is 13.4. The molecule has 1 N–H and O–H groups in total. The van der Waals surface area contributed by atoms with E-state index in [9.17, 15) is 19.1 Å². The summed E-state index contributed by atoms with van der Waals surface area (Å²) in [5.74, 6) is -1.73. The SMILES string of the molecule is CC(C)[C@H](C(=O)O)N1C[C@H](c2cccc(F)c2)[C@@H](C=O)C1. The quantitative estimate of drug-likeness (QED) is 0.845. The summed E-state index contributed by atoms with van der Waals surface area (Å²) in [5.41, 5.74) is 0.752. The summed E-state index contributed by atoms with van der Waals surface area (Å²) >= 11 is 0.